The normalized spacial score (nSPS) is 19.2. The van der Waals surface area contributed by atoms with Crippen LogP contribution in [0.3, 0.4) is 0 Å². The molecule has 2 aromatic heterocycles. The van der Waals surface area contributed by atoms with Crippen molar-refractivity contribution < 1.29 is 34.4 Å². The van der Waals surface area contributed by atoms with Crippen molar-refractivity contribution in [3.8, 4) is 11.3 Å². The van der Waals surface area contributed by atoms with Gasteiger partial charge in [-0.1, -0.05) is 92.8 Å². The smallest absolute Gasteiger partial charge is 0.162 e. The predicted molar refractivity (Wildman–Crippen MR) is 191 cm³/mol. The molecule has 0 amide bonds. The number of furan rings is 1. The molecule has 4 aliphatic carbocycles. The zero-order valence-electron chi connectivity index (χ0n) is 28.0. The van der Waals surface area contributed by atoms with Crippen LogP contribution in [0, 0.1) is 24.8 Å². The third kappa shape index (κ3) is 6.66. The van der Waals surface area contributed by atoms with Crippen LogP contribution in [0.1, 0.15) is 118 Å². The maximum absolute atomic E-state index is 11.8. The van der Waals surface area contributed by atoms with E-state index >= 15 is 0 Å². The molecule has 0 atom stereocenters. The molecule has 3 aromatic carbocycles. The molecule has 9 rings (SSSR count). The van der Waals surface area contributed by atoms with Gasteiger partial charge in [0.2, 0.25) is 0 Å². The summed E-state index contributed by atoms with van der Waals surface area (Å²) in [4.78, 5) is 16.8. The van der Waals surface area contributed by atoms with Gasteiger partial charge in [-0.05, 0) is 96.9 Å². The predicted octanol–water partition coefficient (Wildman–Crippen LogP) is 11.8. The summed E-state index contributed by atoms with van der Waals surface area (Å²) in [6, 6.07) is 21.2. The van der Waals surface area contributed by atoms with E-state index in [1.165, 1.54) is 92.2 Å². The van der Waals surface area contributed by atoms with Gasteiger partial charge in [0.15, 0.2) is 5.78 Å². The zero-order chi connectivity index (χ0) is 31.9. The second-order valence-electron chi connectivity index (χ2n) is 14.7. The van der Waals surface area contributed by atoms with Crippen LogP contribution in [-0.2, 0) is 24.9 Å². The number of hydrogen-bond donors (Lipinski definition) is 1. The van der Waals surface area contributed by atoms with Crippen LogP contribution >= 0.6 is 0 Å². The van der Waals surface area contributed by atoms with Gasteiger partial charge in [-0.2, -0.15) is 0 Å². The van der Waals surface area contributed by atoms with Crippen molar-refractivity contribution in [2.24, 2.45) is 11.8 Å². The van der Waals surface area contributed by atoms with Crippen molar-refractivity contribution in [2.75, 3.05) is 0 Å². The third-order valence-electron chi connectivity index (χ3n) is 11.4. The number of aromatic nitrogens is 1. The molecule has 0 aliphatic heterocycles. The second-order valence-corrected chi connectivity index (χ2v) is 14.7. The maximum Gasteiger partial charge on any atom is 0.162 e. The number of carbonyl (C=O) groups is 1. The van der Waals surface area contributed by atoms with E-state index in [1.54, 1.807) is 0 Å². The van der Waals surface area contributed by atoms with Gasteiger partial charge in [-0.3, -0.25) is 4.79 Å². The number of fused-ring (bicyclic) bond motifs is 4. The van der Waals surface area contributed by atoms with Gasteiger partial charge in [0.1, 0.15) is 5.58 Å². The van der Waals surface area contributed by atoms with Gasteiger partial charge in [0.25, 0.3) is 0 Å². The molecule has 0 saturated heterocycles. The Morgan fingerprint density at radius 2 is 1.48 bits per heavy atom. The summed E-state index contributed by atoms with van der Waals surface area (Å²) in [5.74, 6) is 2.38. The minimum absolute atomic E-state index is 0. The number of benzene rings is 3. The molecule has 4 saturated carbocycles. The number of hydrogen-bond acceptors (Lipinski definition) is 4. The van der Waals surface area contributed by atoms with E-state index in [4.69, 9.17) is 9.40 Å². The van der Waals surface area contributed by atoms with Crippen LogP contribution in [-0.4, -0.2) is 15.9 Å². The second kappa shape index (κ2) is 14.3. The Morgan fingerprint density at radius 3 is 2.21 bits per heavy atom. The Bertz CT molecular complexity index is 1970. The molecule has 4 fully saturated rings. The fourth-order valence-electron chi connectivity index (χ4n) is 8.59. The van der Waals surface area contributed by atoms with E-state index in [0.29, 0.717) is 11.7 Å². The Hall–Kier alpha value is -3.27. The van der Waals surface area contributed by atoms with Gasteiger partial charge < -0.3 is 14.5 Å². The zero-order valence-corrected chi connectivity index (χ0v) is 30.4. The molecule has 0 bridgehead atoms. The number of rotatable bonds is 6. The largest absolute Gasteiger partial charge is 0.512 e. The number of para-hydroxylation sites is 1. The first-order chi connectivity index (χ1) is 23.0. The summed E-state index contributed by atoms with van der Waals surface area (Å²) in [7, 11) is 0. The number of carbonyl (C=O) groups excluding carboxylic acids is 1. The van der Waals surface area contributed by atoms with Crippen molar-refractivity contribution in [2.45, 2.75) is 109 Å². The molecule has 1 radical (unpaired) electrons. The fourth-order valence-corrected chi connectivity index (χ4v) is 8.59. The van der Waals surface area contributed by atoms with Gasteiger partial charge >= 0.3 is 0 Å². The standard InChI is InChI=1S/C30H26NO.C13H20O2.Ir/c1-18-14-25-22-8-4-5-9-28(22)32-30(25)26(15-18)29-23-13-12-21(19-6-2-3-7-19)16-24(23)27(17-31-29)20-10-11-20;14-12(10-5-1-2-6-10)9-13(15)11-7-3-4-8-11;/h4-5,8-9,12-14,16-17,19-20H,2-3,6-7,10-11H2,1H3;9-11,14H,1-8H2;/q-1;;/b;12-9-;. The van der Waals surface area contributed by atoms with Gasteiger partial charge in [-0.25, -0.2) is 0 Å². The van der Waals surface area contributed by atoms with Crippen LogP contribution in [0.15, 0.2) is 71.0 Å². The summed E-state index contributed by atoms with van der Waals surface area (Å²) < 4.78 is 6.37. The van der Waals surface area contributed by atoms with Gasteiger partial charge in [0, 0.05) is 49.6 Å². The number of aliphatic hydroxyl groups excluding tert-OH is 1. The molecule has 4 aliphatic rings. The summed E-state index contributed by atoms with van der Waals surface area (Å²) in [6.07, 6.45) is 20.5. The number of pyridine rings is 1. The molecule has 4 nitrogen and oxygen atoms in total. The quantitative estimate of drug-likeness (QED) is 0.105. The molecular formula is C43H46IrNO3-. The number of allylic oxidation sites excluding steroid dienone is 2. The Labute approximate surface area is 297 Å². The molecule has 251 valence electrons. The SMILES string of the molecule is Cc1[c-]c(-c2ncc(C3CC3)c3cc(C4CCCC4)ccc23)c2oc3ccccc3c2c1.O=C(/C=C(\O)C1CCCC1)C1CCCC1.[Ir]. The van der Waals surface area contributed by atoms with Crippen LogP contribution in [0.5, 0.6) is 0 Å². The van der Waals surface area contributed by atoms with E-state index in [-0.39, 0.29) is 37.7 Å². The Morgan fingerprint density at radius 1 is 0.792 bits per heavy atom. The Balaban J connectivity index is 0.000000193. The van der Waals surface area contributed by atoms with Crippen molar-refractivity contribution >= 4 is 38.5 Å². The van der Waals surface area contributed by atoms with Gasteiger partial charge in [0.05, 0.1) is 11.3 Å². The molecule has 0 unspecified atom stereocenters. The minimum Gasteiger partial charge on any atom is -0.512 e. The van der Waals surface area contributed by atoms with Crippen molar-refractivity contribution in [1.29, 1.82) is 0 Å². The number of ketones is 1. The molecule has 1 N–H and O–H groups in total. The molecule has 2 heterocycles. The summed E-state index contributed by atoms with van der Waals surface area (Å²) >= 11 is 0. The van der Waals surface area contributed by atoms with E-state index in [1.807, 2.05) is 12.1 Å². The summed E-state index contributed by atoms with van der Waals surface area (Å²) in [5, 5.41) is 14.8. The number of aliphatic hydroxyl groups is 1. The van der Waals surface area contributed by atoms with E-state index in [0.717, 1.165) is 70.4 Å². The van der Waals surface area contributed by atoms with Crippen LogP contribution < -0.4 is 0 Å². The first-order valence-corrected chi connectivity index (χ1v) is 18.2. The van der Waals surface area contributed by atoms with Crippen molar-refractivity contribution in [3.05, 3.63) is 89.3 Å². The average Bonchev–Trinajstić information content (AvgIpc) is 3.62. The molecule has 0 spiro atoms. The first-order valence-electron chi connectivity index (χ1n) is 18.2. The maximum atomic E-state index is 11.8. The summed E-state index contributed by atoms with van der Waals surface area (Å²) in [5.41, 5.74) is 7.85. The molecular weight excluding hydrogens is 771 g/mol. The van der Waals surface area contributed by atoms with E-state index < -0.39 is 0 Å². The van der Waals surface area contributed by atoms with E-state index in [2.05, 4.69) is 55.6 Å². The van der Waals surface area contributed by atoms with Crippen LogP contribution in [0.2, 0.25) is 0 Å². The fraction of sp³-hybridized carbons (Fsp3) is 0.442. The van der Waals surface area contributed by atoms with Crippen molar-refractivity contribution in [3.63, 3.8) is 0 Å². The average molecular weight is 817 g/mol. The van der Waals surface area contributed by atoms with Gasteiger partial charge in [-0.15, -0.1) is 17.7 Å². The first kappa shape index (κ1) is 33.2. The van der Waals surface area contributed by atoms with Crippen LogP contribution in [0.4, 0.5) is 0 Å². The third-order valence-corrected chi connectivity index (χ3v) is 11.4. The molecule has 5 heteroatoms. The molecule has 48 heavy (non-hydrogen) atoms. The summed E-state index contributed by atoms with van der Waals surface area (Å²) in [6.45, 7) is 2.11. The topological polar surface area (TPSA) is 63.3 Å². The van der Waals surface area contributed by atoms with Crippen molar-refractivity contribution in [1.82, 2.24) is 4.98 Å². The monoisotopic (exact) mass is 817 g/mol. The number of aryl methyl sites for hydroxylation is 1. The number of nitrogens with zero attached hydrogens (tertiary/aromatic N) is 1. The Kier molecular flexibility index (Phi) is 9.90. The molecule has 5 aromatic rings. The van der Waals surface area contributed by atoms with Crippen LogP contribution in [0.25, 0.3) is 44.0 Å². The minimum atomic E-state index is 0. The van der Waals surface area contributed by atoms with E-state index in [9.17, 15) is 9.90 Å².